The maximum absolute atomic E-state index is 11.9. The van der Waals surface area contributed by atoms with E-state index in [9.17, 15) is 4.79 Å². The van der Waals surface area contributed by atoms with Gasteiger partial charge >= 0.3 is 6.03 Å². The Morgan fingerprint density at radius 3 is 2.50 bits per heavy atom. The van der Waals surface area contributed by atoms with Crippen LogP contribution in [-0.4, -0.2) is 23.8 Å². The molecule has 5 nitrogen and oxygen atoms in total. The first-order valence-electron chi connectivity index (χ1n) is 8.12. The van der Waals surface area contributed by atoms with E-state index in [1.165, 1.54) is 0 Å². The van der Waals surface area contributed by atoms with Crippen LogP contribution in [0.5, 0.6) is 5.75 Å². The van der Waals surface area contributed by atoms with E-state index >= 15 is 0 Å². The fourth-order valence-electron chi connectivity index (χ4n) is 2.24. The zero-order valence-electron chi connectivity index (χ0n) is 13.9. The smallest absolute Gasteiger partial charge is 0.319 e. The second kappa shape index (κ2) is 9.57. The van der Waals surface area contributed by atoms with Gasteiger partial charge in [-0.05, 0) is 49.6 Å². The fourth-order valence-corrected chi connectivity index (χ4v) is 2.24. The van der Waals surface area contributed by atoms with E-state index in [0.29, 0.717) is 18.7 Å². The van der Waals surface area contributed by atoms with Crippen LogP contribution in [0.3, 0.4) is 0 Å². The third-order valence-corrected chi connectivity index (χ3v) is 3.53. The molecule has 0 aliphatic carbocycles. The topological polar surface area (TPSA) is 70.6 Å². The van der Waals surface area contributed by atoms with Gasteiger partial charge in [0.15, 0.2) is 0 Å². The molecule has 0 aliphatic rings. The summed E-state index contributed by atoms with van der Waals surface area (Å²) < 4.78 is 5.71. The van der Waals surface area contributed by atoms with E-state index in [2.05, 4.69) is 10.6 Å². The Kier molecular flexibility index (Phi) is 7.11. The molecule has 2 aromatic rings. The van der Waals surface area contributed by atoms with Crippen LogP contribution < -0.4 is 15.4 Å². The summed E-state index contributed by atoms with van der Waals surface area (Å²) in [5, 5.41) is 14.4. The van der Waals surface area contributed by atoms with Crippen LogP contribution in [0.1, 0.15) is 25.3 Å². The van der Waals surface area contributed by atoms with Crippen molar-refractivity contribution < 1.29 is 14.6 Å². The van der Waals surface area contributed by atoms with E-state index in [1.807, 2.05) is 49.4 Å². The molecule has 1 atom stereocenters. The number of aliphatic hydroxyl groups excluding tert-OH is 1. The minimum atomic E-state index is -0.251. The van der Waals surface area contributed by atoms with E-state index in [1.54, 1.807) is 12.1 Å². The molecule has 24 heavy (non-hydrogen) atoms. The Bertz CT molecular complexity index is 614. The number of carbonyl (C=O) groups is 1. The van der Waals surface area contributed by atoms with Crippen LogP contribution in [0.2, 0.25) is 0 Å². The number of amides is 2. The second-order valence-electron chi connectivity index (χ2n) is 5.66. The highest BCUT2D eigenvalue weighted by atomic mass is 16.5. The Balaban J connectivity index is 1.78. The molecule has 0 spiro atoms. The Morgan fingerprint density at radius 2 is 1.83 bits per heavy atom. The average Bonchev–Trinajstić information content (AvgIpc) is 2.60. The molecule has 0 aliphatic heterocycles. The lowest BCUT2D eigenvalue weighted by molar-refractivity contribution is 0.245. The molecule has 2 amide bonds. The van der Waals surface area contributed by atoms with Crippen molar-refractivity contribution in [2.24, 2.45) is 0 Å². The molecule has 0 heterocycles. The number of nitrogens with one attached hydrogen (secondary N) is 2. The van der Waals surface area contributed by atoms with Gasteiger partial charge in [0, 0.05) is 18.3 Å². The predicted octanol–water partition coefficient (Wildman–Crippen LogP) is 3.55. The number of hydrogen-bond acceptors (Lipinski definition) is 3. The van der Waals surface area contributed by atoms with Gasteiger partial charge in [-0.1, -0.05) is 30.3 Å². The number of carbonyl (C=O) groups excluding carboxylic acids is 1. The standard InChI is InChI=1S/C19H24N2O3/c1-15(6-5-13-22)20-19(23)21-17-9-11-18(12-10-17)24-14-16-7-3-2-4-8-16/h2-4,7-12,15,22H,5-6,13-14H2,1H3,(H2,20,21,23). The van der Waals surface area contributed by atoms with Crippen LogP contribution in [0.25, 0.3) is 0 Å². The van der Waals surface area contributed by atoms with Crippen molar-refractivity contribution in [3.63, 3.8) is 0 Å². The quantitative estimate of drug-likeness (QED) is 0.694. The SMILES string of the molecule is CC(CCCO)NC(=O)Nc1ccc(OCc2ccccc2)cc1. The summed E-state index contributed by atoms with van der Waals surface area (Å²) in [5.41, 5.74) is 1.81. The van der Waals surface area contributed by atoms with Gasteiger partial charge in [0.1, 0.15) is 12.4 Å². The molecular formula is C19H24N2O3. The molecule has 2 rings (SSSR count). The first-order valence-corrected chi connectivity index (χ1v) is 8.12. The number of benzene rings is 2. The van der Waals surface area contributed by atoms with Crippen molar-refractivity contribution >= 4 is 11.7 Å². The minimum Gasteiger partial charge on any atom is -0.489 e. The summed E-state index contributed by atoms with van der Waals surface area (Å²) in [6.45, 7) is 2.56. The fraction of sp³-hybridized carbons (Fsp3) is 0.316. The summed E-state index contributed by atoms with van der Waals surface area (Å²) in [6.07, 6.45) is 1.42. The van der Waals surface area contributed by atoms with Crippen molar-refractivity contribution in [1.82, 2.24) is 5.32 Å². The highest BCUT2D eigenvalue weighted by Gasteiger charge is 2.07. The Labute approximate surface area is 142 Å². The molecular weight excluding hydrogens is 304 g/mol. The summed E-state index contributed by atoms with van der Waals surface area (Å²) in [6, 6.07) is 17.0. The molecule has 2 aromatic carbocycles. The maximum atomic E-state index is 11.9. The van der Waals surface area contributed by atoms with Gasteiger partial charge in [-0.3, -0.25) is 0 Å². The monoisotopic (exact) mass is 328 g/mol. The number of anilines is 1. The van der Waals surface area contributed by atoms with Crippen molar-refractivity contribution in [2.45, 2.75) is 32.4 Å². The van der Waals surface area contributed by atoms with E-state index in [4.69, 9.17) is 9.84 Å². The zero-order valence-corrected chi connectivity index (χ0v) is 13.9. The van der Waals surface area contributed by atoms with Crippen molar-refractivity contribution in [3.05, 3.63) is 60.2 Å². The van der Waals surface area contributed by atoms with Crippen LogP contribution in [-0.2, 0) is 6.61 Å². The third-order valence-electron chi connectivity index (χ3n) is 3.53. The summed E-state index contributed by atoms with van der Waals surface area (Å²) in [4.78, 5) is 11.9. The van der Waals surface area contributed by atoms with Gasteiger partial charge in [0.2, 0.25) is 0 Å². The Hall–Kier alpha value is -2.53. The highest BCUT2D eigenvalue weighted by Crippen LogP contribution is 2.17. The summed E-state index contributed by atoms with van der Waals surface area (Å²) in [5.74, 6) is 0.751. The number of rotatable bonds is 8. The van der Waals surface area contributed by atoms with E-state index in [-0.39, 0.29) is 18.7 Å². The third kappa shape index (κ3) is 6.30. The molecule has 3 N–H and O–H groups in total. The molecule has 0 saturated carbocycles. The van der Waals surface area contributed by atoms with Gasteiger partial charge in [-0.2, -0.15) is 0 Å². The van der Waals surface area contributed by atoms with Crippen LogP contribution >= 0.6 is 0 Å². The molecule has 0 aromatic heterocycles. The number of hydrogen-bond donors (Lipinski definition) is 3. The lowest BCUT2D eigenvalue weighted by atomic mass is 10.2. The van der Waals surface area contributed by atoms with Crippen molar-refractivity contribution in [2.75, 3.05) is 11.9 Å². The van der Waals surface area contributed by atoms with Gasteiger partial charge in [0.25, 0.3) is 0 Å². The normalized spacial score (nSPS) is 11.6. The lowest BCUT2D eigenvalue weighted by Gasteiger charge is -2.14. The minimum absolute atomic E-state index is 0.0191. The van der Waals surface area contributed by atoms with Gasteiger partial charge < -0.3 is 20.5 Å². The van der Waals surface area contributed by atoms with Crippen molar-refractivity contribution in [3.8, 4) is 5.75 Å². The molecule has 0 fully saturated rings. The number of urea groups is 1. The first kappa shape index (κ1) is 17.8. The average molecular weight is 328 g/mol. The Morgan fingerprint density at radius 1 is 1.12 bits per heavy atom. The van der Waals surface area contributed by atoms with Crippen LogP contribution in [0.15, 0.2) is 54.6 Å². The second-order valence-corrected chi connectivity index (χ2v) is 5.66. The maximum Gasteiger partial charge on any atom is 0.319 e. The van der Waals surface area contributed by atoms with Gasteiger partial charge in [-0.15, -0.1) is 0 Å². The van der Waals surface area contributed by atoms with E-state index in [0.717, 1.165) is 17.7 Å². The summed E-state index contributed by atoms with van der Waals surface area (Å²) >= 11 is 0. The van der Waals surface area contributed by atoms with Crippen molar-refractivity contribution in [1.29, 1.82) is 0 Å². The number of ether oxygens (including phenoxy) is 1. The van der Waals surface area contributed by atoms with Gasteiger partial charge in [-0.25, -0.2) is 4.79 Å². The molecule has 0 saturated heterocycles. The zero-order chi connectivity index (χ0) is 17.2. The molecule has 128 valence electrons. The molecule has 0 bridgehead atoms. The first-order chi connectivity index (χ1) is 11.7. The molecule has 1 unspecified atom stereocenters. The number of aliphatic hydroxyl groups is 1. The molecule has 0 radical (unpaired) electrons. The van der Waals surface area contributed by atoms with E-state index < -0.39 is 0 Å². The largest absolute Gasteiger partial charge is 0.489 e. The highest BCUT2D eigenvalue weighted by molar-refractivity contribution is 5.89. The lowest BCUT2D eigenvalue weighted by Crippen LogP contribution is -2.36. The van der Waals surface area contributed by atoms with Crippen LogP contribution in [0, 0.1) is 0 Å². The van der Waals surface area contributed by atoms with Crippen LogP contribution in [0.4, 0.5) is 10.5 Å². The van der Waals surface area contributed by atoms with Gasteiger partial charge in [0.05, 0.1) is 0 Å². The predicted molar refractivity (Wildman–Crippen MR) is 95.2 cm³/mol. The molecule has 5 heteroatoms. The summed E-state index contributed by atoms with van der Waals surface area (Å²) in [7, 11) is 0.